The van der Waals surface area contributed by atoms with E-state index in [-0.39, 0.29) is 5.41 Å². The fourth-order valence-corrected chi connectivity index (χ4v) is 1.99. The molecule has 0 saturated carbocycles. The van der Waals surface area contributed by atoms with Crippen molar-refractivity contribution in [1.29, 1.82) is 0 Å². The van der Waals surface area contributed by atoms with E-state index in [9.17, 15) is 4.79 Å². The van der Waals surface area contributed by atoms with Gasteiger partial charge in [0.1, 0.15) is 0 Å². The fourth-order valence-electron chi connectivity index (χ4n) is 1.81. The van der Waals surface area contributed by atoms with Crippen LogP contribution in [-0.2, 0) is 5.41 Å². The summed E-state index contributed by atoms with van der Waals surface area (Å²) in [5.41, 5.74) is 2.08. The molecule has 0 aliphatic rings. The maximum Gasteiger partial charge on any atom is 0.153 e. The molecule has 1 heterocycles. The molecule has 3 nitrogen and oxygen atoms in total. The number of aromatic nitrogens is 2. The lowest BCUT2D eigenvalue weighted by Gasteiger charge is -2.15. The monoisotopic (exact) mass is 262 g/mol. The number of aldehydes is 1. The Morgan fingerprint density at radius 1 is 1.33 bits per heavy atom. The molecule has 0 aliphatic carbocycles. The number of hydrogen-bond donors (Lipinski definition) is 0. The van der Waals surface area contributed by atoms with Crippen molar-refractivity contribution in [2.24, 2.45) is 0 Å². The number of benzene rings is 1. The first-order chi connectivity index (χ1) is 8.41. The van der Waals surface area contributed by atoms with Crippen molar-refractivity contribution in [1.82, 2.24) is 9.78 Å². The van der Waals surface area contributed by atoms with Gasteiger partial charge >= 0.3 is 0 Å². The molecule has 0 amide bonds. The Hall–Kier alpha value is -1.61. The zero-order valence-corrected chi connectivity index (χ0v) is 11.4. The second-order valence-corrected chi connectivity index (χ2v) is 5.66. The van der Waals surface area contributed by atoms with Gasteiger partial charge in [0.25, 0.3) is 0 Å². The summed E-state index contributed by atoms with van der Waals surface area (Å²) in [5.74, 6) is 0. The van der Waals surface area contributed by atoms with E-state index in [1.165, 1.54) is 0 Å². The molecule has 0 fully saturated rings. The average Bonchev–Trinajstić information content (AvgIpc) is 2.72. The normalized spacial score (nSPS) is 11.6. The van der Waals surface area contributed by atoms with Crippen LogP contribution < -0.4 is 0 Å². The molecule has 18 heavy (non-hydrogen) atoms. The van der Waals surface area contributed by atoms with Gasteiger partial charge in [0.05, 0.1) is 16.9 Å². The van der Waals surface area contributed by atoms with E-state index in [1.807, 2.05) is 39.0 Å². The van der Waals surface area contributed by atoms with Crippen LogP contribution in [0.4, 0.5) is 0 Å². The Kier molecular flexibility index (Phi) is 3.26. The summed E-state index contributed by atoms with van der Waals surface area (Å²) in [6.45, 7) is 6.10. The second kappa shape index (κ2) is 4.58. The van der Waals surface area contributed by atoms with Gasteiger partial charge in [-0.05, 0) is 18.2 Å². The first-order valence-corrected chi connectivity index (χ1v) is 6.11. The summed E-state index contributed by atoms with van der Waals surface area (Å²) >= 11 is 5.95. The zero-order chi connectivity index (χ0) is 13.3. The molecule has 1 aromatic carbocycles. The Morgan fingerprint density at radius 3 is 2.56 bits per heavy atom. The van der Waals surface area contributed by atoms with E-state index < -0.39 is 0 Å². The van der Waals surface area contributed by atoms with Crippen molar-refractivity contribution in [3.63, 3.8) is 0 Å². The topological polar surface area (TPSA) is 34.9 Å². The third-order valence-corrected chi connectivity index (χ3v) is 2.89. The second-order valence-electron chi connectivity index (χ2n) is 5.23. The molecule has 0 atom stereocenters. The molecule has 94 valence electrons. The average molecular weight is 263 g/mol. The summed E-state index contributed by atoms with van der Waals surface area (Å²) < 4.78 is 1.69. The Balaban J connectivity index is 2.54. The number of carbonyl (C=O) groups is 1. The number of carbonyl (C=O) groups excluding carboxylic acids is 1. The summed E-state index contributed by atoms with van der Waals surface area (Å²) in [6, 6.07) is 7.38. The highest BCUT2D eigenvalue weighted by Gasteiger charge is 2.22. The fraction of sp³-hybridized carbons (Fsp3) is 0.286. The van der Waals surface area contributed by atoms with Crippen molar-refractivity contribution in [2.75, 3.05) is 0 Å². The quantitative estimate of drug-likeness (QED) is 0.775. The number of halogens is 1. The van der Waals surface area contributed by atoms with E-state index in [2.05, 4.69) is 5.10 Å². The first kappa shape index (κ1) is 12.8. The highest BCUT2D eigenvalue weighted by atomic mass is 35.5. The van der Waals surface area contributed by atoms with Gasteiger partial charge in [-0.3, -0.25) is 4.79 Å². The lowest BCUT2D eigenvalue weighted by Crippen LogP contribution is -2.14. The summed E-state index contributed by atoms with van der Waals surface area (Å²) in [6.07, 6.45) is 2.58. The van der Waals surface area contributed by atoms with Crippen LogP contribution in [0.3, 0.4) is 0 Å². The predicted octanol–water partition coefficient (Wildman–Crippen LogP) is 3.64. The third-order valence-electron chi connectivity index (χ3n) is 2.65. The summed E-state index contributed by atoms with van der Waals surface area (Å²) in [4.78, 5) is 11.1. The van der Waals surface area contributed by atoms with Crippen molar-refractivity contribution < 1.29 is 4.79 Å². The molecule has 2 aromatic rings. The molecule has 2 rings (SSSR count). The van der Waals surface area contributed by atoms with Crippen LogP contribution in [0, 0.1) is 0 Å². The van der Waals surface area contributed by atoms with Gasteiger partial charge in [-0.2, -0.15) is 5.10 Å². The number of nitrogens with zero attached hydrogens (tertiary/aromatic N) is 2. The Bertz CT molecular complexity index is 582. The Morgan fingerprint density at radius 2 is 2.06 bits per heavy atom. The molecular weight excluding hydrogens is 248 g/mol. The van der Waals surface area contributed by atoms with Crippen LogP contribution >= 0.6 is 11.6 Å². The molecule has 0 unspecified atom stereocenters. The van der Waals surface area contributed by atoms with E-state index in [0.717, 1.165) is 17.7 Å². The zero-order valence-electron chi connectivity index (χ0n) is 10.6. The van der Waals surface area contributed by atoms with Crippen LogP contribution in [0.5, 0.6) is 0 Å². The van der Waals surface area contributed by atoms with Crippen LogP contribution in [-0.4, -0.2) is 16.1 Å². The maximum atomic E-state index is 11.1. The van der Waals surface area contributed by atoms with E-state index >= 15 is 0 Å². The number of hydrogen-bond acceptors (Lipinski definition) is 2. The summed E-state index contributed by atoms with van der Waals surface area (Å²) in [5, 5.41) is 5.14. The molecule has 0 bridgehead atoms. The minimum atomic E-state index is -0.167. The predicted molar refractivity (Wildman–Crippen MR) is 72.7 cm³/mol. The third kappa shape index (κ3) is 2.46. The van der Waals surface area contributed by atoms with Crippen molar-refractivity contribution in [2.45, 2.75) is 26.2 Å². The van der Waals surface area contributed by atoms with Gasteiger partial charge in [0.15, 0.2) is 6.29 Å². The van der Waals surface area contributed by atoms with Gasteiger partial charge in [0, 0.05) is 16.6 Å². The van der Waals surface area contributed by atoms with E-state index in [4.69, 9.17) is 11.6 Å². The van der Waals surface area contributed by atoms with Crippen LogP contribution in [0.25, 0.3) is 5.69 Å². The lowest BCUT2D eigenvalue weighted by atomic mass is 9.90. The molecule has 0 spiro atoms. The molecular formula is C14H15ClN2O. The smallest absolute Gasteiger partial charge is 0.153 e. The van der Waals surface area contributed by atoms with Gasteiger partial charge in [-0.15, -0.1) is 0 Å². The molecule has 1 aromatic heterocycles. The highest BCUT2D eigenvalue weighted by molar-refractivity contribution is 6.30. The summed E-state index contributed by atoms with van der Waals surface area (Å²) in [7, 11) is 0. The molecule has 4 heteroatoms. The van der Waals surface area contributed by atoms with Crippen molar-refractivity contribution in [3.8, 4) is 5.69 Å². The van der Waals surface area contributed by atoms with Gasteiger partial charge in [-0.1, -0.05) is 38.4 Å². The molecule has 0 aliphatic heterocycles. The van der Waals surface area contributed by atoms with Crippen LogP contribution in [0.15, 0.2) is 30.5 Å². The highest BCUT2D eigenvalue weighted by Crippen LogP contribution is 2.25. The van der Waals surface area contributed by atoms with Crippen molar-refractivity contribution in [3.05, 3.63) is 46.7 Å². The van der Waals surface area contributed by atoms with Crippen LogP contribution in [0.2, 0.25) is 5.02 Å². The van der Waals surface area contributed by atoms with Gasteiger partial charge in [-0.25, -0.2) is 4.68 Å². The van der Waals surface area contributed by atoms with E-state index in [1.54, 1.807) is 16.9 Å². The molecule has 0 saturated heterocycles. The maximum absolute atomic E-state index is 11.1. The SMILES string of the molecule is CC(C)(C)c1nn(-c2cccc(Cl)c2)cc1C=O. The molecule has 0 radical (unpaired) electrons. The lowest BCUT2D eigenvalue weighted by molar-refractivity contribution is 0.112. The molecule has 0 N–H and O–H groups in total. The van der Waals surface area contributed by atoms with Gasteiger partial charge < -0.3 is 0 Å². The first-order valence-electron chi connectivity index (χ1n) is 5.73. The Labute approximate surface area is 111 Å². The van der Waals surface area contributed by atoms with Gasteiger partial charge in [0.2, 0.25) is 0 Å². The number of rotatable bonds is 2. The largest absolute Gasteiger partial charge is 0.298 e. The van der Waals surface area contributed by atoms with E-state index in [0.29, 0.717) is 10.6 Å². The van der Waals surface area contributed by atoms with Crippen LogP contribution in [0.1, 0.15) is 36.8 Å². The van der Waals surface area contributed by atoms with Crippen molar-refractivity contribution >= 4 is 17.9 Å². The minimum Gasteiger partial charge on any atom is -0.298 e. The minimum absolute atomic E-state index is 0.167. The standard InChI is InChI=1S/C14H15ClN2O/c1-14(2,3)13-10(9-18)8-17(16-13)12-6-4-5-11(15)7-12/h4-9H,1-3H3.